The number of non-ortho nitro benzene ring substituents is 1. The molecule has 0 amide bonds. The molecule has 0 aliphatic heterocycles. The Hall–Kier alpha value is -2.47. The second kappa shape index (κ2) is 6.63. The van der Waals surface area contributed by atoms with E-state index in [4.69, 9.17) is 5.11 Å². The zero-order valence-corrected chi connectivity index (χ0v) is 10.8. The van der Waals surface area contributed by atoms with Crippen LogP contribution in [0.1, 0.15) is 5.56 Å². The summed E-state index contributed by atoms with van der Waals surface area (Å²) in [4.78, 5) is 16.4. The molecular weight excluding hydrogens is 258 g/mol. The van der Waals surface area contributed by atoms with Crippen LogP contribution in [0.3, 0.4) is 0 Å². The van der Waals surface area contributed by atoms with E-state index >= 15 is 0 Å². The molecule has 2 aromatic rings. The third kappa shape index (κ3) is 3.52. The molecule has 0 aliphatic carbocycles. The van der Waals surface area contributed by atoms with E-state index in [2.05, 4.69) is 4.98 Å². The van der Waals surface area contributed by atoms with Gasteiger partial charge in [-0.15, -0.1) is 0 Å². The minimum Gasteiger partial charge on any atom is -0.395 e. The molecule has 1 aromatic heterocycles. The Bertz CT molecular complexity index is 558. The number of nitro benzene ring substituents is 1. The molecule has 20 heavy (non-hydrogen) atoms. The zero-order chi connectivity index (χ0) is 14.4. The van der Waals surface area contributed by atoms with Crippen molar-refractivity contribution >= 4 is 11.5 Å². The first kappa shape index (κ1) is 14.0. The first-order valence-electron chi connectivity index (χ1n) is 6.21. The number of aromatic nitrogens is 1. The fraction of sp³-hybridized carbons (Fsp3) is 0.214. The van der Waals surface area contributed by atoms with Crippen LogP contribution in [0.4, 0.5) is 11.5 Å². The monoisotopic (exact) mass is 273 g/mol. The van der Waals surface area contributed by atoms with Crippen molar-refractivity contribution in [3.05, 3.63) is 64.3 Å². The number of pyridine rings is 1. The summed E-state index contributed by atoms with van der Waals surface area (Å²) in [5, 5.41) is 19.7. The van der Waals surface area contributed by atoms with Crippen LogP contribution in [0.15, 0.2) is 48.7 Å². The second-order valence-electron chi connectivity index (χ2n) is 4.26. The third-order valence-electron chi connectivity index (χ3n) is 2.86. The highest BCUT2D eigenvalue weighted by Gasteiger charge is 2.09. The highest BCUT2D eigenvalue weighted by molar-refractivity contribution is 5.40. The number of benzene rings is 1. The summed E-state index contributed by atoms with van der Waals surface area (Å²) in [6.45, 7) is 1.01. The lowest BCUT2D eigenvalue weighted by Crippen LogP contribution is -2.26. The van der Waals surface area contributed by atoms with Crippen LogP contribution in [0, 0.1) is 10.1 Å². The summed E-state index contributed by atoms with van der Waals surface area (Å²) < 4.78 is 0. The van der Waals surface area contributed by atoms with Crippen molar-refractivity contribution in [1.82, 2.24) is 4.98 Å². The number of aliphatic hydroxyl groups excluding tert-OH is 1. The van der Waals surface area contributed by atoms with Gasteiger partial charge in [0.15, 0.2) is 0 Å². The lowest BCUT2D eigenvalue weighted by atomic mass is 10.2. The Morgan fingerprint density at radius 3 is 2.50 bits per heavy atom. The molecule has 0 bridgehead atoms. The van der Waals surface area contributed by atoms with Crippen molar-refractivity contribution < 1.29 is 10.0 Å². The number of aliphatic hydroxyl groups is 1. The molecule has 6 nitrogen and oxygen atoms in total. The van der Waals surface area contributed by atoms with Crippen LogP contribution >= 0.6 is 0 Å². The molecular formula is C14H15N3O3. The maximum atomic E-state index is 10.6. The molecule has 0 spiro atoms. The molecule has 0 fully saturated rings. The number of anilines is 1. The summed E-state index contributed by atoms with van der Waals surface area (Å²) in [5.41, 5.74) is 0.995. The topological polar surface area (TPSA) is 79.5 Å². The van der Waals surface area contributed by atoms with Gasteiger partial charge in [-0.05, 0) is 17.7 Å². The molecule has 1 heterocycles. The maximum absolute atomic E-state index is 10.6. The number of hydrogen-bond donors (Lipinski definition) is 1. The molecule has 0 aliphatic rings. The smallest absolute Gasteiger partial charge is 0.269 e. The van der Waals surface area contributed by atoms with Crippen molar-refractivity contribution in [1.29, 1.82) is 0 Å². The lowest BCUT2D eigenvalue weighted by molar-refractivity contribution is -0.384. The molecule has 0 saturated carbocycles. The van der Waals surface area contributed by atoms with E-state index in [1.807, 2.05) is 23.1 Å². The summed E-state index contributed by atoms with van der Waals surface area (Å²) in [6, 6.07) is 11.9. The summed E-state index contributed by atoms with van der Waals surface area (Å²) in [7, 11) is 0. The molecule has 0 radical (unpaired) electrons. The van der Waals surface area contributed by atoms with Gasteiger partial charge in [0.25, 0.3) is 5.69 Å². The third-order valence-corrected chi connectivity index (χ3v) is 2.86. The van der Waals surface area contributed by atoms with E-state index in [0.717, 1.165) is 11.4 Å². The van der Waals surface area contributed by atoms with Gasteiger partial charge in [-0.3, -0.25) is 10.1 Å². The van der Waals surface area contributed by atoms with E-state index in [1.165, 1.54) is 12.1 Å². The Balaban J connectivity index is 2.14. The predicted octanol–water partition coefficient (Wildman–Crippen LogP) is 1.99. The number of hydrogen-bond acceptors (Lipinski definition) is 5. The van der Waals surface area contributed by atoms with E-state index < -0.39 is 4.92 Å². The standard InChI is InChI=1S/C14H15N3O3/c18-10-9-16(14-3-1-2-8-15-14)11-12-4-6-13(7-5-12)17(19)20/h1-8,18H,9-11H2. The average molecular weight is 273 g/mol. The van der Waals surface area contributed by atoms with Crippen LogP contribution < -0.4 is 4.90 Å². The van der Waals surface area contributed by atoms with Gasteiger partial charge in [0, 0.05) is 31.4 Å². The zero-order valence-electron chi connectivity index (χ0n) is 10.8. The van der Waals surface area contributed by atoms with Crippen molar-refractivity contribution in [2.24, 2.45) is 0 Å². The highest BCUT2D eigenvalue weighted by atomic mass is 16.6. The van der Waals surface area contributed by atoms with Crippen molar-refractivity contribution in [3.8, 4) is 0 Å². The Labute approximate surface area is 116 Å². The predicted molar refractivity (Wildman–Crippen MR) is 75.5 cm³/mol. The average Bonchev–Trinajstić information content (AvgIpc) is 2.48. The quantitative estimate of drug-likeness (QED) is 0.643. The molecule has 0 saturated heterocycles. The normalized spacial score (nSPS) is 10.2. The van der Waals surface area contributed by atoms with E-state index in [9.17, 15) is 10.1 Å². The summed E-state index contributed by atoms with van der Waals surface area (Å²) in [5.74, 6) is 0.764. The van der Waals surface area contributed by atoms with Crippen LogP contribution in [0.25, 0.3) is 0 Å². The summed E-state index contributed by atoms with van der Waals surface area (Å²) >= 11 is 0. The fourth-order valence-corrected chi connectivity index (χ4v) is 1.88. The van der Waals surface area contributed by atoms with Crippen LogP contribution in [-0.4, -0.2) is 28.2 Å². The molecule has 0 unspecified atom stereocenters. The van der Waals surface area contributed by atoms with E-state index in [1.54, 1.807) is 18.3 Å². The Morgan fingerprint density at radius 1 is 1.20 bits per heavy atom. The Morgan fingerprint density at radius 2 is 1.95 bits per heavy atom. The largest absolute Gasteiger partial charge is 0.395 e. The second-order valence-corrected chi connectivity index (χ2v) is 4.26. The number of rotatable bonds is 6. The van der Waals surface area contributed by atoms with Crippen LogP contribution in [-0.2, 0) is 6.54 Å². The first-order valence-corrected chi connectivity index (χ1v) is 6.21. The molecule has 6 heteroatoms. The maximum Gasteiger partial charge on any atom is 0.269 e. The molecule has 2 rings (SSSR count). The van der Waals surface area contributed by atoms with Crippen molar-refractivity contribution in [3.63, 3.8) is 0 Å². The fourth-order valence-electron chi connectivity index (χ4n) is 1.88. The highest BCUT2D eigenvalue weighted by Crippen LogP contribution is 2.16. The van der Waals surface area contributed by atoms with Gasteiger partial charge in [-0.2, -0.15) is 0 Å². The SMILES string of the molecule is O=[N+]([O-])c1ccc(CN(CCO)c2ccccn2)cc1. The Kier molecular flexibility index (Phi) is 4.62. The van der Waals surface area contributed by atoms with Crippen LogP contribution in [0.2, 0.25) is 0 Å². The van der Waals surface area contributed by atoms with Gasteiger partial charge < -0.3 is 10.0 Å². The first-order chi connectivity index (χ1) is 9.70. The van der Waals surface area contributed by atoms with Crippen LogP contribution in [0.5, 0.6) is 0 Å². The number of nitro groups is 1. The van der Waals surface area contributed by atoms with Crippen molar-refractivity contribution in [2.45, 2.75) is 6.54 Å². The molecule has 1 aromatic carbocycles. The van der Waals surface area contributed by atoms with Crippen molar-refractivity contribution in [2.75, 3.05) is 18.1 Å². The van der Waals surface area contributed by atoms with Gasteiger partial charge in [0.1, 0.15) is 5.82 Å². The number of nitrogens with zero attached hydrogens (tertiary/aromatic N) is 3. The van der Waals surface area contributed by atoms with Gasteiger partial charge in [-0.1, -0.05) is 18.2 Å². The van der Waals surface area contributed by atoms with E-state index in [-0.39, 0.29) is 12.3 Å². The van der Waals surface area contributed by atoms with Gasteiger partial charge >= 0.3 is 0 Å². The molecule has 104 valence electrons. The lowest BCUT2D eigenvalue weighted by Gasteiger charge is -2.22. The van der Waals surface area contributed by atoms with Gasteiger partial charge in [0.05, 0.1) is 11.5 Å². The van der Waals surface area contributed by atoms with Gasteiger partial charge in [-0.25, -0.2) is 4.98 Å². The minimum absolute atomic E-state index is 0.0174. The summed E-state index contributed by atoms with van der Waals surface area (Å²) in [6.07, 6.45) is 1.69. The minimum atomic E-state index is -0.423. The molecule has 0 atom stereocenters. The van der Waals surface area contributed by atoms with E-state index in [0.29, 0.717) is 13.1 Å². The molecule has 1 N–H and O–H groups in total. The van der Waals surface area contributed by atoms with Gasteiger partial charge in [0.2, 0.25) is 0 Å².